The molecule has 1 amide bonds. The maximum atomic E-state index is 11.9. The molecular weight excluding hydrogens is 308 g/mol. The first-order valence-corrected chi connectivity index (χ1v) is 8.38. The molecule has 0 radical (unpaired) electrons. The van der Waals surface area contributed by atoms with Crippen LogP contribution in [0.4, 0.5) is 0 Å². The van der Waals surface area contributed by atoms with Gasteiger partial charge >= 0.3 is 5.97 Å². The smallest absolute Gasteiger partial charge is 0.306 e. The summed E-state index contributed by atoms with van der Waals surface area (Å²) in [5.74, 6) is -0.172. The summed E-state index contributed by atoms with van der Waals surface area (Å²) in [4.78, 5) is 24.9. The lowest BCUT2D eigenvalue weighted by Crippen LogP contribution is -2.43. The molecule has 0 saturated carbocycles. The molecule has 2 N–H and O–H groups in total. The van der Waals surface area contributed by atoms with Crippen LogP contribution < -0.4 is 10.1 Å². The van der Waals surface area contributed by atoms with E-state index in [2.05, 4.69) is 5.32 Å². The van der Waals surface area contributed by atoms with Crippen molar-refractivity contribution in [2.75, 3.05) is 32.8 Å². The Hall–Kier alpha value is -2.08. The summed E-state index contributed by atoms with van der Waals surface area (Å²) in [6.45, 7) is 6.52. The molecule has 132 valence electrons. The highest BCUT2D eigenvalue weighted by molar-refractivity contribution is 5.78. The van der Waals surface area contributed by atoms with Crippen LogP contribution in [0.25, 0.3) is 0 Å². The highest BCUT2D eigenvalue weighted by Crippen LogP contribution is 2.22. The van der Waals surface area contributed by atoms with Crippen molar-refractivity contribution in [3.05, 3.63) is 29.3 Å². The monoisotopic (exact) mass is 334 g/mol. The molecule has 0 aliphatic carbocycles. The number of piperidine rings is 1. The van der Waals surface area contributed by atoms with Crippen LogP contribution in [0.2, 0.25) is 0 Å². The molecule has 1 aliphatic rings. The number of aliphatic carboxylic acids is 1. The van der Waals surface area contributed by atoms with Gasteiger partial charge in [0.05, 0.1) is 19.0 Å². The minimum atomic E-state index is -0.734. The van der Waals surface area contributed by atoms with Crippen LogP contribution >= 0.6 is 0 Å². The van der Waals surface area contributed by atoms with Gasteiger partial charge in [0.15, 0.2) is 0 Å². The van der Waals surface area contributed by atoms with Crippen LogP contribution in [-0.4, -0.2) is 54.7 Å². The number of carboxylic acids is 1. The third kappa shape index (κ3) is 5.23. The van der Waals surface area contributed by atoms with Gasteiger partial charge < -0.3 is 15.2 Å². The Kier molecular flexibility index (Phi) is 6.61. The van der Waals surface area contributed by atoms with E-state index in [0.717, 1.165) is 16.9 Å². The predicted octanol–water partition coefficient (Wildman–Crippen LogP) is 1.60. The zero-order valence-electron chi connectivity index (χ0n) is 14.4. The van der Waals surface area contributed by atoms with E-state index in [1.807, 2.05) is 36.9 Å². The number of hydrogen-bond donors (Lipinski definition) is 2. The SMILES string of the molecule is Cc1cccc(C)c1OCCNC(=O)CN1CCC(C(=O)O)CC1. The second kappa shape index (κ2) is 8.68. The molecule has 0 spiro atoms. The normalized spacial score (nSPS) is 15.9. The molecule has 0 unspecified atom stereocenters. The Morgan fingerprint density at radius 2 is 1.88 bits per heavy atom. The molecule has 1 heterocycles. The second-order valence-electron chi connectivity index (χ2n) is 6.31. The number of carbonyl (C=O) groups is 2. The number of aryl methyl sites for hydroxylation is 2. The summed E-state index contributed by atoms with van der Waals surface area (Å²) < 4.78 is 5.75. The fourth-order valence-electron chi connectivity index (χ4n) is 2.97. The van der Waals surface area contributed by atoms with Gasteiger partial charge in [-0.05, 0) is 50.9 Å². The molecule has 24 heavy (non-hydrogen) atoms. The number of amides is 1. The standard InChI is InChI=1S/C18H26N2O4/c1-13-4-3-5-14(2)17(13)24-11-8-19-16(21)12-20-9-6-15(7-10-20)18(22)23/h3-5,15H,6-12H2,1-2H3,(H,19,21)(H,22,23). The van der Waals surface area contributed by atoms with E-state index in [1.54, 1.807) is 0 Å². The topological polar surface area (TPSA) is 78.9 Å². The molecule has 1 aliphatic heterocycles. The highest BCUT2D eigenvalue weighted by Gasteiger charge is 2.25. The Bertz CT molecular complexity index is 560. The second-order valence-corrected chi connectivity index (χ2v) is 6.31. The number of ether oxygens (including phenoxy) is 1. The fourth-order valence-corrected chi connectivity index (χ4v) is 2.97. The summed E-state index contributed by atoms with van der Waals surface area (Å²) in [6, 6.07) is 6.00. The van der Waals surface area contributed by atoms with Gasteiger partial charge in [-0.3, -0.25) is 14.5 Å². The average Bonchev–Trinajstić information content (AvgIpc) is 2.54. The quantitative estimate of drug-likeness (QED) is 0.741. The molecule has 6 nitrogen and oxygen atoms in total. The molecule has 0 aromatic heterocycles. The van der Waals surface area contributed by atoms with E-state index in [0.29, 0.717) is 45.6 Å². The van der Waals surface area contributed by atoms with Gasteiger partial charge in [-0.2, -0.15) is 0 Å². The van der Waals surface area contributed by atoms with Crippen molar-refractivity contribution in [3.8, 4) is 5.75 Å². The third-order valence-electron chi connectivity index (χ3n) is 4.38. The van der Waals surface area contributed by atoms with Gasteiger partial charge in [0.1, 0.15) is 12.4 Å². The number of nitrogens with one attached hydrogen (secondary N) is 1. The van der Waals surface area contributed by atoms with Crippen LogP contribution in [-0.2, 0) is 9.59 Å². The number of benzene rings is 1. The zero-order valence-corrected chi connectivity index (χ0v) is 14.4. The number of hydrogen-bond acceptors (Lipinski definition) is 4. The predicted molar refractivity (Wildman–Crippen MR) is 91.2 cm³/mol. The number of likely N-dealkylation sites (tertiary alicyclic amines) is 1. The van der Waals surface area contributed by atoms with Crippen molar-refractivity contribution in [1.29, 1.82) is 0 Å². The lowest BCUT2D eigenvalue weighted by atomic mass is 9.97. The number of carboxylic acid groups (broad SMARTS) is 1. The lowest BCUT2D eigenvalue weighted by molar-refractivity contribution is -0.143. The highest BCUT2D eigenvalue weighted by atomic mass is 16.5. The van der Waals surface area contributed by atoms with Crippen LogP contribution in [0.1, 0.15) is 24.0 Å². The van der Waals surface area contributed by atoms with Crippen LogP contribution in [0.15, 0.2) is 18.2 Å². The summed E-state index contributed by atoms with van der Waals surface area (Å²) >= 11 is 0. The summed E-state index contributed by atoms with van der Waals surface area (Å²) in [6.07, 6.45) is 1.22. The fraction of sp³-hybridized carbons (Fsp3) is 0.556. The van der Waals surface area contributed by atoms with E-state index in [1.165, 1.54) is 0 Å². The maximum absolute atomic E-state index is 11.9. The van der Waals surface area contributed by atoms with E-state index >= 15 is 0 Å². The van der Waals surface area contributed by atoms with Crippen molar-refractivity contribution in [2.45, 2.75) is 26.7 Å². The Labute approximate surface area is 142 Å². The van der Waals surface area contributed by atoms with Gasteiger partial charge in [-0.15, -0.1) is 0 Å². The Balaban J connectivity index is 1.65. The van der Waals surface area contributed by atoms with Gasteiger partial charge in [-0.1, -0.05) is 18.2 Å². The first-order valence-electron chi connectivity index (χ1n) is 8.38. The van der Waals surface area contributed by atoms with Crippen molar-refractivity contribution >= 4 is 11.9 Å². The van der Waals surface area contributed by atoms with E-state index in [9.17, 15) is 9.59 Å². The zero-order chi connectivity index (χ0) is 17.5. The molecule has 0 bridgehead atoms. The average molecular weight is 334 g/mol. The molecule has 1 aromatic rings. The number of carbonyl (C=O) groups excluding carboxylic acids is 1. The first-order chi connectivity index (χ1) is 11.5. The van der Waals surface area contributed by atoms with Crippen LogP contribution in [0, 0.1) is 19.8 Å². The van der Waals surface area contributed by atoms with Gasteiger partial charge in [0, 0.05) is 0 Å². The van der Waals surface area contributed by atoms with E-state index < -0.39 is 5.97 Å². The molecule has 6 heteroatoms. The lowest BCUT2D eigenvalue weighted by Gasteiger charge is -2.29. The van der Waals surface area contributed by atoms with Crippen molar-refractivity contribution in [1.82, 2.24) is 10.2 Å². The Morgan fingerprint density at radius 1 is 1.25 bits per heavy atom. The maximum Gasteiger partial charge on any atom is 0.306 e. The van der Waals surface area contributed by atoms with Crippen LogP contribution in [0.5, 0.6) is 5.75 Å². The molecular formula is C18H26N2O4. The Morgan fingerprint density at radius 3 is 2.46 bits per heavy atom. The number of rotatable bonds is 7. The molecule has 1 fully saturated rings. The van der Waals surface area contributed by atoms with Gasteiger partial charge in [0.25, 0.3) is 0 Å². The summed E-state index contributed by atoms with van der Waals surface area (Å²) in [7, 11) is 0. The van der Waals surface area contributed by atoms with E-state index in [4.69, 9.17) is 9.84 Å². The van der Waals surface area contributed by atoms with Gasteiger partial charge in [0.2, 0.25) is 5.91 Å². The molecule has 1 aromatic carbocycles. The minimum Gasteiger partial charge on any atom is -0.491 e. The number of nitrogens with zero attached hydrogens (tertiary/aromatic N) is 1. The van der Waals surface area contributed by atoms with Crippen molar-refractivity contribution < 1.29 is 19.4 Å². The van der Waals surface area contributed by atoms with Crippen molar-refractivity contribution in [2.24, 2.45) is 5.92 Å². The van der Waals surface area contributed by atoms with Crippen LogP contribution in [0.3, 0.4) is 0 Å². The van der Waals surface area contributed by atoms with E-state index in [-0.39, 0.29) is 11.8 Å². The molecule has 2 rings (SSSR count). The molecule has 0 atom stereocenters. The molecule has 1 saturated heterocycles. The third-order valence-corrected chi connectivity index (χ3v) is 4.38. The summed E-state index contributed by atoms with van der Waals surface area (Å²) in [5.41, 5.74) is 2.17. The van der Waals surface area contributed by atoms with Crippen molar-refractivity contribution in [3.63, 3.8) is 0 Å². The summed E-state index contributed by atoms with van der Waals surface area (Å²) in [5, 5.41) is 11.8. The van der Waals surface area contributed by atoms with Gasteiger partial charge in [-0.25, -0.2) is 0 Å². The number of para-hydroxylation sites is 1. The largest absolute Gasteiger partial charge is 0.491 e. The first kappa shape index (κ1) is 18.3. The minimum absolute atomic E-state index is 0.0473.